The summed E-state index contributed by atoms with van der Waals surface area (Å²) in [5.74, 6) is 0. The van der Waals surface area contributed by atoms with Crippen molar-refractivity contribution in [3.8, 4) is 56.1 Å². The van der Waals surface area contributed by atoms with Crippen molar-refractivity contribution in [2.75, 3.05) is 0 Å². The predicted molar refractivity (Wildman–Crippen MR) is 525 cm³/mol. The van der Waals surface area contributed by atoms with Crippen molar-refractivity contribution in [1.29, 1.82) is 0 Å². The molecule has 586 valence electrons. The van der Waals surface area contributed by atoms with E-state index in [1.165, 1.54) is 118 Å². The summed E-state index contributed by atoms with van der Waals surface area (Å²) < 4.78 is 18.1. The fourth-order valence-corrected chi connectivity index (χ4v) is 21.0. The van der Waals surface area contributed by atoms with E-state index in [9.17, 15) is 0 Å². The highest BCUT2D eigenvalue weighted by atomic mass is 32.1. The molecule has 0 radical (unpaired) electrons. The molecule has 0 fully saturated rings. The molecule has 19 aromatic carbocycles. The summed E-state index contributed by atoms with van der Waals surface area (Å²) in [5, 5.41) is 22.0. The molecule has 0 spiro atoms. The lowest BCUT2D eigenvalue weighted by atomic mass is 10.0. The van der Waals surface area contributed by atoms with Crippen molar-refractivity contribution in [2.45, 2.75) is 0 Å². The summed E-state index contributed by atoms with van der Waals surface area (Å²) >= 11 is 1.84. The van der Waals surface area contributed by atoms with E-state index in [0.29, 0.717) is 0 Å². The number of fused-ring (bicyclic) bond motifs is 24. The molecule has 9 heterocycles. The fourth-order valence-electron chi connectivity index (χ4n) is 19.9. The minimum absolute atomic E-state index is 0.868. The molecule has 0 N–H and O–H groups in total. The van der Waals surface area contributed by atoms with Crippen LogP contribution < -0.4 is 0 Å². The number of aromatic nitrogens is 10. The number of thiophene rings is 1. The molecular weight excluding hydrogens is 1560 g/mol. The molecule has 0 amide bonds. The number of para-hydroxylation sites is 6. The van der Waals surface area contributed by atoms with Crippen LogP contribution in [0.25, 0.3) is 251 Å². The van der Waals surface area contributed by atoms with Crippen LogP contribution in [0, 0.1) is 0 Å². The predicted octanol–water partition coefficient (Wildman–Crippen LogP) is 30.0. The first-order chi connectivity index (χ1) is 62.5. The zero-order valence-corrected chi connectivity index (χ0v) is 68.4. The SMILES string of the molecule is c1ccc(-n2c3ccccc3c3cc(-c4ccc(-n5c6ccccc6c6cc7ccccc7cc65)c5nccnc45)ccc32)cc1.c1ccc2cc3c(cc2c1)c1ccccc1n3-c1ccc(-c2ccc3oc4ccccc4c3c2)c2nccnc12.c1ccc2cc3c(cc2c1)c1ccccc1n3-c1ccc(-c2ccc3sc4ccccc4c3c2)c2nccnc12. The highest BCUT2D eigenvalue weighted by molar-refractivity contribution is 7.25. The maximum absolute atomic E-state index is 6.08. The molecule has 0 aliphatic carbocycles. The Labute approximate surface area is 723 Å². The Bertz CT molecular complexity index is 9070. The monoisotopic (exact) mass is 1620 g/mol. The average Bonchev–Trinajstić information content (AvgIpc) is 1.56. The third-order valence-electron chi connectivity index (χ3n) is 25.5. The zero-order chi connectivity index (χ0) is 82.6. The third kappa shape index (κ3) is 11.2. The molecule has 0 atom stereocenters. The maximum atomic E-state index is 6.08. The highest BCUT2D eigenvalue weighted by Crippen LogP contribution is 2.46. The molecule has 28 aromatic rings. The number of nitrogens with zero attached hydrogens (tertiary/aromatic N) is 10. The van der Waals surface area contributed by atoms with E-state index in [1.54, 1.807) is 37.2 Å². The molecular formula is C114H68N10OS. The number of hydrogen-bond acceptors (Lipinski definition) is 8. The Morgan fingerprint density at radius 2 is 0.508 bits per heavy atom. The minimum atomic E-state index is 0.868. The van der Waals surface area contributed by atoms with Gasteiger partial charge in [-0.15, -0.1) is 11.3 Å². The molecule has 12 heteroatoms. The van der Waals surface area contributed by atoms with Gasteiger partial charge in [-0.2, -0.15) is 0 Å². The van der Waals surface area contributed by atoms with Crippen LogP contribution in [0.5, 0.6) is 0 Å². The summed E-state index contributed by atoms with van der Waals surface area (Å²) in [5.41, 5.74) is 27.2. The molecule has 9 aromatic heterocycles. The van der Waals surface area contributed by atoms with Gasteiger partial charge in [-0.25, -0.2) is 0 Å². The topological polar surface area (TPSA) is 110 Å². The Hall–Kier alpha value is -16.8. The van der Waals surface area contributed by atoms with Crippen LogP contribution in [-0.4, -0.2) is 48.2 Å². The van der Waals surface area contributed by atoms with E-state index >= 15 is 0 Å². The van der Waals surface area contributed by atoms with Crippen LogP contribution in [0.1, 0.15) is 0 Å². The quantitative estimate of drug-likeness (QED) is 0.156. The summed E-state index contributed by atoms with van der Waals surface area (Å²) in [6.07, 6.45) is 10.8. The third-order valence-corrected chi connectivity index (χ3v) is 26.7. The lowest BCUT2D eigenvalue weighted by Gasteiger charge is -2.14. The van der Waals surface area contributed by atoms with E-state index in [4.69, 9.17) is 34.3 Å². The van der Waals surface area contributed by atoms with Gasteiger partial charge in [0.05, 0.1) is 77.7 Å². The van der Waals surface area contributed by atoms with Crippen LogP contribution in [0.3, 0.4) is 0 Å². The van der Waals surface area contributed by atoms with Crippen molar-refractivity contribution < 1.29 is 4.42 Å². The van der Waals surface area contributed by atoms with Crippen LogP contribution in [-0.2, 0) is 0 Å². The number of hydrogen-bond donors (Lipinski definition) is 0. The summed E-state index contributed by atoms with van der Waals surface area (Å²) in [4.78, 5) is 29.5. The molecule has 0 saturated carbocycles. The van der Waals surface area contributed by atoms with E-state index in [0.717, 1.165) is 133 Å². The van der Waals surface area contributed by atoms with Gasteiger partial charge in [0, 0.05) is 134 Å². The van der Waals surface area contributed by atoms with Crippen molar-refractivity contribution >= 4 is 206 Å². The maximum Gasteiger partial charge on any atom is 0.135 e. The first-order valence-corrected chi connectivity index (χ1v) is 43.2. The standard InChI is InChI=1S/C42H26N4.C36H21N3O.C36H21N3S/c1-2-12-30(13-3-1)45-36-16-8-6-14-32(36)34-25-29(18-20-38(34)45)31-19-21-39(42-41(31)43-22-23-44-42)46-37-17-9-7-15-33(37)35-24-27-10-4-5-11-28(27)26-40(35)46;2*1-2-8-23-21-32-28(19-22(23)7-1)26-9-3-5-11-30(26)39(32)31-15-14-25(35-36(31)38-18-17-37-35)24-13-16-34-29(20-24)27-10-4-6-12-33(27)40-34/h1-26H;2*1-21H. The van der Waals surface area contributed by atoms with Gasteiger partial charge in [-0.05, 0) is 207 Å². The Morgan fingerprint density at radius 1 is 0.190 bits per heavy atom. The van der Waals surface area contributed by atoms with Gasteiger partial charge in [0.1, 0.15) is 27.7 Å². The molecule has 0 bridgehead atoms. The fraction of sp³-hybridized carbons (Fsp3) is 0. The summed E-state index contributed by atoms with van der Waals surface area (Å²) in [6.45, 7) is 0. The van der Waals surface area contributed by atoms with Crippen molar-refractivity contribution in [3.05, 3.63) is 413 Å². The molecule has 11 nitrogen and oxygen atoms in total. The van der Waals surface area contributed by atoms with Gasteiger partial charge in [0.2, 0.25) is 0 Å². The molecule has 0 aliphatic rings. The van der Waals surface area contributed by atoms with Crippen LogP contribution in [0.4, 0.5) is 0 Å². The Morgan fingerprint density at radius 3 is 0.968 bits per heavy atom. The highest BCUT2D eigenvalue weighted by Gasteiger charge is 2.25. The first kappa shape index (κ1) is 71.0. The molecule has 0 saturated heterocycles. The second-order valence-corrected chi connectivity index (χ2v) is 33.5. The van der Waals surface area contributed by atoms with Crippen molar-refractivity contribution in [2.24, 2.45) is 0 Å². The van der Waals surface area contributed by atoms with Crippen LogP contribution >= 0.6 is 11.3 Å². The molecule has 0 aliphatic heterocycles. The van der Waals surface area contributed by atoms with E-state index in [-0.39, 0.29) is 0 Å². The Balaban J connectivity index is 0.000000101. The van der Waals surface area contributed by atoms with E-state index in [2.05, 4.69) is 382 Å². The van der Waals surface area contributed by atoms with Crippen LogP contribution in [0.15, 0.2) is 418 Å². The van der Waals surface area contributed by atoms with Gasteiger partial charge in [0.25, 0.3) is 0 Å². The smallest absolute Gasteiger partial charge is 0.135 e. The number of benzene rings is 19. The number of furan rings is 1. The van der Waals surface area contributed by atoms with Crippen molar-refractivity contribution in [3.63, 3.8) is 0 Å². The van der Waals surface area contributed by atoms with Gasteiger partial charge in [-0.3, -0.25) is 29.9 Å². The molecule has 126 heavy (non-hydrogen) atoms. The van der Waals surface area contributed by atoms with E-state index < -0.39 is 0 Å². The Kier molecular flexibility index (Phi) is 16.0. The minimum Gasteiger partial charge on any atom is -0.456 e. The lowest BCUT2D eigenvalue weighted by Crippen LogP contribution is -1.99. The zero-order valence-electron chi connectivity index (χ0n) is 67.5. The average molecular weight is 1630 g/mol. The second kappa shape index (κ2) is 28.4. The van der Waals surface area contributed by atoms with Gasteiger partial charge in [-0.1, -0.05) is 218 Å². The number of rotatable bonds is 7. The van der Waals surface area contributed by atoms with Gasteiger partial charge >= 0.3 is 0 Å². The van der Waals surface area contributed by atoms with Crippen molar-refractivity contribution in [1.82, 2.24) is 48.2 Å². The lowest BCUT2D eigenvalue weighted by molar-refractivity contribution is 0.669. The largest absolute Gasteiger partial charge is 0.456 e. The molecule has 28 rings (SSSR count). The van der Waals surface area contributed by atoms with E-state index in [1.807, 2.05) is 23.5 Å². The van der Waals surface area contributed by atoms with Gasteiger partial charge < -0.3 is 22.7 Å². The van der Waals surface area contributed by atoms with Crippen LogP contribution in [0.2, 0.25) is 0 Å². The summed E-state index contributed by atoms with van der Waals surface area (Å²) in [7, 11) is 0. The molecule has 0 unspecified atom stereocenters. The first-order valence-electron chi connectivity index (χ1n) is 42.4. The van der Waals surface area contributed by atoms with Gasteiger partial charge in [0.15, 0.2) is 0 Å². The normalized spacial score (nSPS) is 12.0. The second-order valence-electron chi connectivity index (χ2n) is 32.4. The summed E-state index contributed by atoms with van der Waals surface area (Å²) in [6, 6.07) is 135.